The van der Waals surface area contributed by atoms with E-state index in [1.54, 1.807) is 0 Å². The highest BCUT2D eigenvalue weighted by molar-refractivity contribution is 6.28. The fourth-order valence-electron chi connectivity index (χ4n) is 4.61. The zero-order valence-corrected chi connectivity index (χ0v) is 23.0. The number of rotatable bonds is 9. The van der Waals surface area contributed by atoms with Gasteiger partial charge in [-0.25, -0.2) is 4.98 Å². The van der Waals surface area contributed by atoms with E-state index in [0.717, 1.165) is 46.3 Å². The molecule has 37 heavy (non-hydrogen) atoms. The van der Waals surface area contributed by atoms with Crippen LogP contribution in [0.2, 0.25) is 5.28 Å². The normalized spacial score (nSPS) is 13.1. The maximum atomic E-state index is 6.41. The quantitative estimate of drug-likeness (QED) is 0.210. The van der Waals surface area contributed by atoms with Crippen LogP contribution in [0.5, 0.6) is 0 Å². The Morgan fingerprint density at radius 1 is 1.05 bits per heavy atom. The Morgan fingerprint density at radius 3 is 2.43 bits per heavy atom. The van der Waals surface area contributed by atoms with E-state index in [4.69, 9.17) is 21.0 Å². The monoisotopic (exact) mass is 511 g/mol. The van der Waals surface area contributed by atoms with Crippen molar-refractivity contribution in [3.05, 3.63) is 89.4 Å². The van der Waals surface area contributed by atoms with Crippen LogP contribution in [0, 0.1) is 18.8 Å². The topological polar surface area (TPSA) is 51.8 Å². The molecular formula is C32H34ClN3O. The van der Waals surface area contributed by atoms with Crippen molar-refractivity contribution in [2.75, 3.05) is 0 Å². The fourth-order valence-corrected chi connectivity index (χ4v) is 4.77. The van der Waals surface area contributed by atoms with E-state index in [1.807, 2.05) is 44.2 Å². The van der Waals surface area contributed by atoms with Gasteiger partial charge in [0.1, 0.15) is 11.3 Å². The van der Waals surface area contributed by atoms with Crippen LogP contribution in [0.25, 0.3) is 45.4 Å². The van der Waals surface area contributed by atoms with Gasteiger partial charge in [-0.3, -0.25) is 0 Å². The minimum absolute atomic E-state index is 0.160. The van der Waals surface area contributed by atoms with E-state index in [-0.39, 0.29) is 5.28 Å². The van der Waals surface area contributed by atoms with Gasteiger partial charge in [-0.05, 0) is 73.4 Å². The van der Waals surface area contributed by atoms with Gasteiger partial charge in [-0.2, -0.15) is 9.97 Å². The first-order chi connectivity index (χ1) is 17.8. The van der Waals surface area contributed by atoms with Crippen molar-refractivity contribution < 1.29 is 4.42 Å². The van der Waals surface area contributed by atoms with Crippen molar-refractivity contribution in [1.29, 1.82) is 0 Å². The molecule has 0 aliphatic carbocycles. The lowest BCUT2D eigenvalue weighted by molar-refractivity contribution is 0.601. The molecule has 0 aliphatic rings. The van der Waals surface area contributed by atoms with E-state index in [0.29, 0.717) is 23.5 Å². The van der Waals surface area contributed by atoms with Gasteiger partial charge >= 0.3 is 0 Å². The Labute approximate surface area is 224 Å². The maximum absolute atomic E-state index is 6.41. The third-order valence-corrected chi connectivity index (χ3v) is 6.72. The zero-order valence-electron chi connectivity index (χ0n) is 22.3. The summed E-state index contributed by atoms with van der Waals surface area (Å²) in [4.78, 5) is 13.7. The van der Waals surface area contributed by atoms with Gasteiger partial charge in [-0.1, -0.05) is 75.4 Å². The summed E-state index contributed by atoms with van der Waals surface area (Å²) in [5, 5.41) is 1.14. The van der Waals surface area contributed by atoms with Crippen LogP contribution in [-0.4, -0.2) is 15.0 Å². The lowest BCUT2D eigenvalue weighted by Crippen LogP contribution is -1.99. The van der Waals surface area contributed by atoms with Crippen LogP contribution < -0.4 is 0 Å². The molecule has 0 N–H and O–H groups in total. The minimum Gasteiger partial charge on any atom is -0.456 e. The summed E-state index contributed by atoms with van der Waals surface area (Å²) in [6, 6.07) is 14.3. The highest BCUT2D eigenvalue weighted by Crippen LogP contribution is 2.35. The van der Waals surface area contributed by atoms with Crippen LogP contribution in [-0.2, 0) is 0 Å². The molecular weight excluding hydrogens is 478 g/mol. The molecule has 0 saturated carbocycles. The number of aromatic nitrogens is 3. The average Bonchev–Trinajstić information content (AvgIpc) is 3.21. The Kier molecular flexibility index (Phi) is 8.40. The Morgan fingerprint density at radius 2 is 1.78 bits per heavy atom. The third kappa shape index (κ3) is 5.91. The molecule has 2 heterocycles. The summed E-state index contributed by atoms with van der Waals surface area (Å²) in [7, 11) is 0. The highest BCUT2D eigenvalue weighted by atomic mass is 35.5. The number of nitrogens with zero attached hydrogens (tertiary/aromatic N) is 3. The van der Waals surface area contributed by atoms with Crippen LogP contribution >= 0.6 is 11.6 Å². The molecule has 2 aromatic carbocycles. The molecule has 0 spiro atoms. The molecule has 2 aromatic heterocycles. The van der Waals surface area contributed by atoms with E-state index < -0.39 is 0 Å². The summed E-state index contributed by atoms with van der Waals surface area (Å²) < 4.78 is 6.05. The number of fused-ring (bicyclic) bond motifs is 1. The predicted octanol–water partition coefficient (Wildman–Crippen LogP) is 9.59. The summed E-state index contributed by atoms with van der Waals surface area (Å²) in [5.74, 6) is 2.81. The molecule has 0 radical (unpaired) electrons. The van der Waals surface area contributed by atoms with Crippen molar-refractivity contribution in [2.45, 2.75) is 47.5 Å². The summed E-state index contributed by atoms with van der Waals surface area (Å²) in [5.41, 5.74) is 6.13. The van der Waals surface area contributed by atoms with Crippen LogP contribution in [0.3, 0.4) is 0 Å². The first-order valence-corrected chi connectivity index (χ1v) is 13.2. The molecule has 0 bridgehead atoms. The van der Waals surface area contributed by atoms with Crippen molar-refractivity contribution in [3.63, 3.8) is 0 Å². The zero-order chi connectivity index (χ0) is 26.5. The van der Waals surface area contributed by atoms with Gasteiger partial charge < -0.3 is 4.42 Å². The van der Waals surface area contributed by atoms with Gasteiger partial charge in [0.25, 0.3) is 0 Å². The summed E-state index contributed by atoms with van der Waals surface area (Å²) in [6.07, 6.45) is 10.4. The second-order valence-corrected chi connectivity index (χ2v) is 9.98. The smallest absolute Gasteiger partial charge is 0.226 e. The number of furan rings is 1. The van der Waals surface area contributed by atoms with Gasteiger partial charge in [-0.15, -0.1) is 6.58 Å². The highest BCUT2D eigenvalue weighted by Gasteiger charge is 2.17. The van der Waals surface area contributed by atoms with Crippen molar-refractivity contribution in [2.24, 2.45) is 11.8 Å². The number of halogens is 1. The van der Waals surface area contributed by atoms with Gasteiger partial charge in [0.05, 0.1) is 0 Å². The molecule has 190 valence electrons. The maximum Gasteiger partial charge on any atom is 0.226 e. The molecule has 1 atom stereocenters. The standard InChI is InChI=1S/C32H34ClN3O/c1-7-11-27-21(6)29-26(12-10-13-28(29)37-27)31-34-30(35-32(33)36-31)24-16-14-23(15-17-24)25(18-20(4)5)19-22(8-2)9-3/h7-8,10-18,20,22H,2,9,19H2,1,3-6H3/b11-7-,25-18+. The summed E-state index contributed by atoms with van der Waals surface area (Å²) in [6.45, 7) is 14.7. The van der Waals surface area contributed by atoms with Crippen molar-refractivity contribution in [1.82, 2.24) is 15.0 Å². The molecule has 0 aliphatic heterocycles. The second-order valence-electron chi connectivity index (χ2n) is 9.64. The van der Waals surface area contributed by atoms with Gasteiger partial charge in [0, 0.05) is 22.1 Å². The lowest BCUT2D eigenvalue weighted by Gasteiger charge is -2.15. The van der Waals surface area contributed by atoms with Crippen LogP contribution in [0.4, 0.5) is 0 Å². The van der Waals surface area contributed by atoms with Crippen LogP contribution in [0.1, 0.15) is 57.4 Å². The molecule has 4 aromatic rings. The molecule has 1 unspecified atom stereocenters. The number of hydrogen-bond donors (Lipinski definition) is 0. The first kappa shape index (κ1) is 26.6. The molecule has 5 heteroatoms. The average molecular weight is 512 g/mol. The van der Waals surface area contributed by atoms with E-state index >= 15 is 0 Å². The molecule has 0 saturated heterocycles. The second kappa shape index (κ2) is 11.7. The van der Waals surface area contributed by atoms with Gasteiger partial charge in [0.2, 0.25) is 5.28 Å². The van der Waals surface area contributed by atoms with Crippen molar-refractivity contribution >= 4 is 34.2 Å². The third-order valence-electron chi connectivity index (χ3n) is 6.55. The minimum atomic E-state index is 0.160. The van der Waals surface area contributed by atoms with E-state index in [2.05, 4.69) is 73.7 Å². The van der Waals surface area contributed by atoms with Gasteiger partial charge in [0.15, 0.2) is 11.6 Å². The first-order valence-electron chi connectivity index (χ1n) is 12.8. The van der Waals surface area contributed by atoms with Crippen molar-refractivity contribution in [3.8, 4) is 22.8 Å². The molecule has 4 rings (SSSR count). The lowest BCUT2D eigenvalue weighted by atomic mass is 9.90. The Bertz CT molecular complexity index is 1460. The number of allylic oxidation sites excluding steroid dienone is 4. The number of benzene rings is 2. The fraction of sp³-hybridized carbons (Fsp3) is 0.281. The Balaban J connectivity index is 1.74. The van der Waals surface area contributed by atoms with Crippen LogP contribution in [0.15, 0.2) is 71.7 Å². The molecule has 0 fully saturated rings. The number of hydrogen-bond acceptors (Lipinski definition) is 4. The largest absolute Gasteiger partial charge is 0.456 e. The Hall–Kier alpha value is -3.50. The SMILES string of the molecule is C=CC(CC)C/C(=C\C(C)C)c1ccc(-c2nc(Cl)nc(-c3cccc4oc(/C=C\C)c(C)c34)n2)cc1. The molecule has 0 amide bonds. The predicted molar refractivity (Wildman–Crippen MR) is 156 cm³/mol. The number of aryl methyl sites for hydroxylation is 1. The summed E-state index contributed by atoms with van der Waals surface area (Å²) >= 11 is 6.41. The van der Waals surface area contributed by atoms with E-state index in [1.165, 1.54) is 11.1 Å². The van der Waals surface area contributed by atoms with E-state index in [9.17, 15) is 0 Å². The molecule has 4 nitrogen and oxygen atoms in total.